The molecule has 8 nitrogen and oxygen atoms in total. The zero-order valence-corrected chi connectivity index (χ0v) is 22.0. The summed E-state index contributed by atoms with van der Waals surface area (Å²) in [5.74, 6) is 0. The molecule has 0 bridgehead atoms. The Balaban J connectivity index is 0. The normalized spacial score (nSPS) is 10.2. The van der Waals surface area contributed by atoms with Crippen molar-refractivity contribution >= 4 is 94.3 Å². The molecule has 4 N–H and O–H groups in total. The molecule has 0 atom stereocenters. The first-order valence-corrected chi connectivity index (χ1v) is 17.3. The Hall–Kier alpha value is 0.490. The van der Waals surface area contributed by atoms with Crippen molar-refractivity contribution in [3.63, 3.8) is 0 Å². The van der Waals surface area contributed by atoms with E-state index < -0.39 is 47.0 Å². The van der Waals surface area contributed by atoms with Crippen molar-refractivity contribution in [3.8, 4) is 0 Å². The van der Waals surface area contributed by atoms with Crippen LogP contribution in [-0.4, -0.2) is 87.8 Å². The van der Waals surface area contributed by atoms with E-state index in [0.717, 1.165) is 0 Å². The Morgan fingerprint density at radius 3 is 0.806 bits per heavy atom. The van der Waals surface area contributed by atoms with E-state index >= 15 is 0 Å². The summed E-state index contributed by atoms with van der Waals surface area (Å²) in [6, 6.07) is 33.0. The van der Waals surface area contributed by atoms with Gasteiger partial charge in [0.05, 0.1) is 0 Å². The monoisotopic (exact) mass is 664 g/mol. The van der Waals surface area contributed by atoms with Crippen LogP contribution in [0.3, 0.4) is 0 Å². The van der Waals surface area contributed by atoms with Crippen LogP contribution in [0.15, 0.2) is 91.0 Å². The third kappa shape index (κ3) is 18.6. The fourth-order valence-corrected chi connectivity index (χ4v) is 11.0. The van der Waals surface area contributed by atoms with E-state index in [2.05, 4.69) is 91.0 Å². The molecule has 0 aliphatic carbocycles. The first kappa shape index (κ1) is 33.7. The SMILES string of the molecule is Cl.[KH].[O]=[Cr](=[O])([OH])[OH].[O]=[Cr](=[O])([OH])[OH].c1cc[c]([SnH]([c]2ccccc2)[c]2ccccc2)cc1. The topological polar surface area (TPSA) is 149 Å². The van der Waals surface area contributed by atoms with Gasteiger partial charge in [-0.3, -0.25) is 0 Å². The Bertz CT molecular complexity index is 931. The molecule has 0 aliphatic heterocycles. The molecule has 3 rings (SSSR count). The summed E-state index contributed by atoms with van der Waals surface area (Å²) < 4.78 is 68.4. The maximum absolute atomic E-state index is 8.82. The van der Waals surface area contributed by atoms with E-state index in [4.69, 9.17) is 31.8 Å². The molecule has 0 aromatic heterocycles. The van der Waals surface area contributed by atoms with E-state index in [0.29, 0.717) is 0 Å². The van der Waals surface area contributed by atoms with E-state index in [9.17, 15) is 0 Å². The third-order valence-electron chi connectivity index (χ3n) is 3.40. The van der Waals surface area contributed by atoms with Gasteiger partial charge in [-0.15, -0.1) is 12.4 Å². The van der Waals surface area contributed by atoms with Crippen LogP contribution in [0.5, 0.6) is 0 Å². The number of hydrogen-bond donors (Lipinski definition) is 4. The van der Waals surface area contributed by atoms with Crippen LogP contribution in [-0.2, 0) is 42.4 Å². The molecule has 13 heteroatoms. The fraction of sp³-hybridized carbons (Fsp3) is 0. The second-order valence-corrected chi connectivity index (χ2v) is 16.5. The van der Waals surface area contributed by atoms with Crippen LogP contribution in [0.4, 0.5) is 0 Å². The Morgan fingerprint density at radius 2 is 0.645 bits per heavy atom. The maximum atomic E-state index is 8.82. The molecule has 0 amide bonds. The molecule has 0 aliphatic rings. The van der Waals surface area contributed by atoms with Gasteiger partial charge >= 0.3 is 232 Å². The average molecular weight is 664 g/mol. The standard InChI is InChI=1S/3C6H5.ClH.2Cr.K.4H2O.4O.Sn.2H/c3*1-2-4-6-5-3-1;;;;;;;;;;;;;;;/h3*1-5H;1H;;;;4*1H2;;;;;;;/q;;;;2*+2;;;;;;;;;;;;/p-4. The van der Waals surface area contributed by atoms with Crippen LogP contribution >= 0.6 is 12.4 Å². The van der Waals surface area contributed by atoms with Gasteiger partial charge in [0.2, 0.25) is 0 Å². The fourth-order valence-electron chi connectivity index (χ4n) is 2.51. The number of halogens is 1. The summed E-state index contributed by atoms with van der Waals surface area (Å²) in [6.07, 6.45) is 0. The molecule has 166 valence electrons. The molecule has 0 saturated carbocycles. The summed E-state index contributed by atoms with van der Waals surface area (Å²) in [7, 11) is 0. The van der Waals surface area contributed by atoms with Gasteiger partial charge < -0.3 is 0 Å². The number of benzene rings is 3. The van der Waals surface area contributed by atoms with Gasteiger partial charge in [0.15, 0.2) is 0 Å². The van der Waals surface area contributed by atoms with Crippen molar-refractivity contribution in [2.75, 3.05) is 0 Å². The van der Waals surface area contributed by atoms with Crippen molar-refractivity contribution in [1.82, 2.24) is 0 Å². The van der Waals surface area contributed by atoms with Gasteiger partial charge in [0, 0.05) is 0 Å². The zero-order chi connectivity index (χ0) is 21.9. The summed E-state index contributed by atoms with van der Waals surface area (Å²) in [4.78, 5) is 0. The van der Waals surface area contributed by atoms with Crippen LogP contribution in [0.1, 0.15) is 0 Å². The van der Waals surface area contributed by atoms with Gasteiger partial charge in [-0.05, 0) is 0 Å². The van der Waals surface area contributed by atoms with Crippen molar-refractivity contribution < 1.29 is 59.1 Å². The number of rotatable bonds is 3. The van der Waals surface area contributed by atoms with Gasteiger partial charge in [-0.2, -0.15) is 0 Å². The Kier molecular flexibility index (Phi) is 18.5. The van der Waals surface area contributed by atoms with Crippen molar-refractivity contribution in [2.24, 2.45) is 0 Å². The predicted molar refractivity (Wildman–Crippen MR) is 111 cm³/mol. The molecule has 0 fully saturated rings. The van der Waals surface area contributed by atoms with Crippen LogP contribution < -0.4 is 10.7 Å². The average Bonchev–Trinajstić information content (AvgIpc) is 2.62. The van der Waals surface area contributed by atoms with Crippen LogP contribution in [0, 0.1) is 0 Å². The van der Waals surface area contributed by atoms with Crippen LogP contribution in [0.2, 0.25) is 0 Å². The quantitative estimate of drug-likeness (QED) is 0.261. The first-order chi connectivity index (χ1) is 13.4. The van der Waals surface area contributed by atoms with E-state index in [1.807, 2.05) is 0 Å². The summed E-state index contributed by atoms with van der Waals surface area (Å²) >= 11 is -12.6. The summed E-state index contributed by atoms with van der Waals surface area (Å²) in [5, 5.41) is 0. The molecule has 31 heavy (non-hydrogen) atoms. The van der Waals surface area contributed by atoms with E-state index in [-0.39, 0.29) is 63.8 Å². The van der Waals surface area contributed by atoms with Gasteiger partial charge in [-0.25, -0.2) is 0 Å². The van der Waals surface area contributed by atoms with E-state index in [1.165, 1.54) is 0 Å². The molecular formula is C18H22ClCr2KO8Sn. The molecule has 0 saturated heterocycles. The molecule has 0 spiro atoms. The van der Waals surface area contributed by atoms with E-state index in [1.54, 1.807) is 10.7 Å². The summed E-state index contributed by atoms with van der Waals surface area (Å²) in [6.45, 7) is 0. The van der Waals surface area contributed by atoms with Crippen molar-refractivity contribution in [1.29, 1.82) is 0 Å². The Labute approximate surface area is 240 Å². The van der Waals surface area contributed by atoms with Crippen LogP contribution in [0.25, 0.3) is 0 Å². The zero-order valence-electron chi connectivity index (χ0n) is 15.4. The second-order valence-electron chi connectivity index (χ2n) is 5.56. The predicted octanol–water partition coefficient (Wildman–Crippen LogP) is -1.000. The second kappa shape index (κ2) is 17.0. The molecule has 0 heterocycles. The van der Waals surface area contributed by atoms with Crippen molar-refractivity contribution in [2.45, 2.75) is 0 Å². The molecule has 0 radical (unpaired) electrons. The minimum absolute atomic E-state index is 0. The molecule has 3 aromatic carbocycles. The summed E-state index contributed by atoms with van der Waals surface area (Å²) in [5.41, 5.74) is 0. The molecule has 0 unspecified atom stereocenters. The third-order valence-corrected chi connectivity index (χ3v) is 12.4. The van der Waals surface area contributed by atoms with Gasteiger partial charge in [0.1, 0.15) is 0 Å². The first-order valence-electron chi connectivity index (χ1n) is 8.00. The van der Waals surface area contributed by atoms with Crippen molar-refractivity contribution in [3.05, 3.63) is 91.0 Å². The molecule has 3 aromatic rings. The minimum atomic E-state index is -5.25. The Morgan fingerprint density at radius 1 is 0.484 bits per heavy atom. The van der Waals surface area contributed by atoms with Gasteiger partial charge in [0.25, 0.3) is 0 Å². The van der Waals surface area contributed by atoms with Gasteiger partial charge in [-0.1, -0.05) is 0 Å². The number of hydrogen-bond acceptors (Lipinski definition) is 4. The molecular weight excluding hydrogens is 641 g/mol.